The first-order valence-corrected chi connectivity index (χ1v) is 20.7. The van der Waals surface area contributed by atoms with E-state index in [0.717, 1.165) is 86.6 Å². The van der Waals surface area contributed by atoms with Crippen molar-refractivity contribution in [3.63, 3.8) is 0 Å². The molecule has 0 heterocycles. The highest BCUT2D eigenvalue weighted by molar-refractivity contribution is 6.30. The summed E-state index contributed by atoms with van der Waals surface area (Å²) >= 11 is 23.7. The summed E-state index contributed by atoms with van der Waals surface area (Å²) in [6.07, 6.45) is 8.99. The van der Waals surface area contributed by atoms with Gasteiger partial charge >= 0.3 is 0 Å². The Morgan fingerprint density at radius 3 is 0.981 bits per heavy atom. The second-order valence-corrected chi connectivity index (χ2v) is 14.1. The number of allylic oxidation sites excluding steroid dienone is 3. The lowest BCUT2D eigenvalue weighted by molar-refractivity contribution is 0.208. The summed E-state index contributed by atoms with van der Waals surface area (Å²) in [6, 6.07) is 23.1. The van der Waals surface area contributed by atoms with Crippen molar-refractivity contribution in [3.05, 3.63) is 124 Å². The molecule has 0 aliphatic heterocycles. The van der Waals surface area contributed by atoms with Crippen LogP contribution in [0.5, 0.6) is 17.2 Å². The molecule has 0 bridgehead atoms. The van der Waals surface area contributed by atoms with E-state index >= 15 is 0 Å². The van der Waals surface area contributed by atoms with Crippen LogP contribution in [0.2, 0.25) is 5.02 Å². The fourth-order valence-corrected chi connectivity index (χ4v) is 7.39. The average Bonchev–Trinajstić information content (AvgIpc) is 3.21. The van der Waals surface area contributed by atoms with Crippen molar-refractivity contribution >= 4 is 46.4 Å². The van der Waals surface area contributed by atoms with Gasteiger partial charge in [-0.3, -0.25) is 0 Å². The number of hydrogen-bond donors (Lipinski definition) is 0. The molecule has 0 amide bonds. The number of benzene rings is 3. The monoisotopic (exact) mass is 808 g/mol. The van der Waals surface area contributed by atoms with Gasteiger partial charge in [0, 0.05) is 37.9 Å². The highest BCUT2D eigenvalue weighted by atomic mass is 35.5. The van der Waals surface area contributed by atoms with Gasteiger partial charge in [0.15, 0.2) is 0 Å². The predicted molar refractivity (Wildman–Crippen MR) is 228 cm³/mol. The Morgan fingerprint density at radius 1 is 0.453 bits per heavy atom. The average molecular weight is 811 g/mol. The molecular formula is C45H61Cl4FO3. The Kier molecular flexibility index (Phi) is 23.2. The minimum Gasteiger partial charge on any atom is -0.460 e. The minimum atomic E-state index is -0.272. The fourth-order valence-electron chi connectivity index (χ4n) is 6.43. The third kappa shape index (κ3) is 14.2. The molecule has 0 saturated heterocycles. The molecule has 0 aromatic heterocycles. The highest BCUT2D eigenvalue weighted by Gasteiger charge is 2.32. The first kappa shape index (κ1) is 48.4. The van der Waals surface area contributed by atoms with Crippen molar-refractivity contribution in [2.45, 2.75) is 120 Å². The van der Waals surface area contributed by atoms with Crippen LogP contribution in [0.3, 0.4) is 0 Å². The van der Waals surface area contributed by atoms with Crippen molar-refractivity contribution in [2.75, 3.05) is 0 Å². The lowest BCUT2D eigenvalue weighted by atomic mass is 9.78. The topological polar surface area (TPSA) is 27.7 Å². The summed E-state index contributed by atoms with van der Waals surface area (Å²) in [5.74, 6) is 4.42. The van der Waals surface area contributed by atoms with Crippen molar-refractivity contribution in [1.82, 2.24) is 0 Å². The maximum absolute atomic E-state index is 12.8. The van der Waals surface area contributed by atoms with E-state index in [-0.39, 0.29) is 22.1 Å². The van der Waals surface area contributed by atoms with Crippen LogP contribution in [0.1, 0.15) is 120 Å². The van der Waals surface area contributed by atoms with Gasteiger partial charge in [-0.2, -0.15) is 0 Å². The SMILES string of the molecule is CCC(CC)(CC)C(=CCl)Oc1ccc(Cl)cc1.CCC(CC)(CC)C(=CCl)Oc1ccc(F)cc1.CCC(CC)(CC)C(=CCl)Oc1ccccc1. The summed E-state index contributed by atoms with van der Waals surface area (Å²) in [6.45, 7) is 19.4. The van der Waals surface area contributed by atoms with Crippen LogP contribution in [0, 0.1) is 22.1 Å². The van der Waals surface area contributed by atoms with Crippen molar-refractivity contribution in [1.29, 1.82) is 0 Å². The third-order valence-corrected chi connectivity index (χ3v) is 11.9. The van der Waals surface area contributed by atoms with E-state index in [1.807, 2.05) is 54.6 Å². The molecule has 0 spiro atoms. The van der Waals surface area contributed by atoms with Gasteiger partial charge in [-0.25, -0.2) is 4.39 Å². The van der Waals surface area contributed by atoms with Gasteiger partial charge in [0.25, 0.3) is 0 Å². The molecule has 0 radical (unpaired) electrons. The van der Waals surface area contributed by atoms with E-state index in [2.05, 4.69) is 62.3 Å². The molecule has 0 aliphatic rings. The normalized spacial score (nSPS) is 12.6. The molecule has 0 aliphatic carbocycles. The summed E-state index contributed by atoms with van der Waals surface area (Å²) in [7, 11) is 0. The number of halogens is 5. The van der Waals surface area contributed by atoms with Crippen LogP contribution in [0.4, 0.5) is 4.39 Å². The molecule has 0 unspecified atom stereocenters. The molecule has 0 atom stereocenters. The molecule has 3 nitrogen and oxygen atoms in total. The van der Waals surface area contributed by atoms with Gasteiger partial charge < -0.3 is 14.2 Å². The quantitative estimate of drug-likeness (QED) is 0.120. The van der Waals surface area contributed by atoms with E-state index in [1.54, 1.807) is 23.2 Å². The largest absolute Gasteiger partial charge is 0.460 e. The van der Waals surface area contributed by atoms with E-state index in [9.17, 15) is 4.39 Å². The van der Waals surface area contributed by atoms with Gasteiger partial charge in [0.1, 0.15) is 40.3 Å². The number of hydrogen-bond acceptors (Lipinski definition) is 3. The van der Waals surface area contributed by atoms with Gasteiger partial charge in [-0.15, -0.1) is 0 Å². The van der Waals surface area contributed by atoms with Crippen molar-refractivity contribution in [3.8, 4) is 17.2 Å². The minimum absolute atomic E-state index is 0.0153. The highest BCUT2D eigenvalue weighted by Crippen LogP contribution is 2.42. The Morgan fingerprint density at radius 2 is 0.717 bits per heavy atom. The maximum Gasteiger partial charge on any atom is 0.127 e. The van der Waals surface area contributed by atoms with Crippen molar-refractivity contribution < 1.29 is 18.6 Å². The van der Waals surface area contributed by atoms with Crippen molar-refractivity contribution in [2.24, 2.45) is 16.2 Å². The summed E-state index contributed by atoms with van der Waals surface area (Å²) in [4.78, 5) is 0. The van der Waals surface area contributed by atoms with Crippen LogP contribution in [0.25, 0.3) is 0 Å². The van der Waals surface area contributed by atoms with Crippen LogP contribution in [0.15, 0.2) is 113 Å². The smallest absolute Gasteiger partial charge is 0.127 e. The van der Waals surface area contributed by atoms with Gasteiger partial charge in [-0.1, -0.05) is 127 Å². The molecule has 3 aromatic rings. The number of para-hydroxylation sites is 1. The Balaban J connectivity index is 0.000000398. The van der Waals surface area contributed by atoms with Crippen LogP contribution in [-0.2, 0) is 0 Å². The maximum atomic E-state index is 12.8. The molecule has 0 fully saturated rings. The molecule has 294 valence electrons. The summed E-state index contributed by atoms with van der Waals surface area (Å²) in [5, 5.41) is 0.700. The zero-order valence-corrected chi connectivity index (χ0v) is 36.2. The predicted octanol–water partition coefficient (Wildman–Crippen LogP) is 16.9. The second kappa shape index (κ2) is 25.4. The van der Waals surface area contributed by atoms with E-state index in [1.165, 1.54) is 17.7 Å². The number of rotatable bonds is 18. The van der Waals surface area contributed by atoms with Crippen LogP contribution >= 0.6 is 46.4 Å². The summed E-state index contributed by atoms with van der Waals surface area (Å²) in [5.41, 5.74) is 4.67. The Hall–Kier alpha value is -2.63. The first-order valence-electron chi connectivity index (χ1n) is 19.0. The van der Waals surface area contributed by atoms with Crippen LogP contribution < -0.4 is 14.2 Å². The van der Waals surface area contributed by atoms with Crippen LogP contribution in [-0.4, -0.2) is 0 Å². The first-order chi connectivity index (χ1) is 25.4. The molecular weight excluding hydrogens is 749 g/mol. The number of ether oxygens (including phenoxy) is 3. The molecule has 3 rings (SSSR count). The van der Waals surface area contributed by atoms with Gasteiger partial charge in [0.2, 0.25) is 0 Å². The Bertz CT molecular complexity index is 1400. The molecule has 3 aromatic carbocycles. The standard InChI is InChI=1S/C15H20Cl2O.C15H20ClFO.C15H21ClO/c2*1-4-15(5-2,6-3)14(11-16)18-13-9-7-12(17)8-10-13;1-4-15(5-2,6-3)14(12-16)17-13-10-8-7-9-11-13/h2*7-11H,4-6H2,1-3H3;7-12H,4-6H2,1-3H3. The lowest BCUT2D eigenvalue weighted by Gasteiger charge is -2.32. The van der Waals surface area contributed by atoms with E-state index in [4.69, 9.17) is 60.6 Å². The fraction of sp³-hybridized carbons (Fsp3) is 0.467. The van der Waals surface area contributed by atoms with E-state index in [0.29, 0.717) is 10.8 Å². The summed E-state index contributed by atoms with van der Waals surface area (Å²) < 4.78 is 30.5. The zero-order valence-electron chi connectivity index (χ0n) is 33.2. The zero-order chi connectivity index (χ0) is 39.9. The molecule has 0 N–H and O–H groups in total. The Labute approximate surface area is 340 Å². The lowest BCUT2D eigenvalue weighted by Crippen LogP contribution is -2.24. The molecule has 53 heavy (non-hydrogen) atoms. The van der Waals surface area contributed by atoms with E-state index < -0.39 is 0 Å². The third-order valence-electron chi connectivity index (χ3n) is 11.0. The van der Waals surface area contributed by atoms with Gasteiger partial charge in [-0.05, 0) is 118 Å². The molecule has 8 heteroatoms. The second-order valence-electron chi connectivity index (χ2n) is 13.0. The molecule has 0 saturated carbocycles. The van der Waals surface area contributed by atoms with Gasteiger partial charge in [0.05, 0.1) is 0 Å².